The molecule has 0 aliphatic heterocycles. The molecule has 0 amide bonds. The van der Waals surface area contributed by atoms with Gasteiger partial charge in [0.25, 0.3) is 0 Å². The first-order chi connectivity index (χ1) is 8.16. The minimum absolute atomic E-state index is 0.162. The monoisotopic (exact) mass is 410 g/mol. The Balaban J connectivity index is 2.64. The van der Waals surface area contributed by atoms with Gasteiger partial charge in [0.05, 0.1) is 0 Å². The van der Waals surface area contributed by atoms with E-state index >= 15 is 0 Å². The Labute approximate surface area is 146 Å². The average Bonchev–Trinajstić information content (AvgIpc) is 2.61. The fraction of sp³-hybridized carbons (Fsp3) is 1.00. The zero-order chi connectivity index (χ0) is 13.9. The lowest BCUT2D eigenvalue weighted by Crippen LogP contribution is -2.50. The van der Waals surface area contributed by atoms with Crippen LogP contribution in [0.3, 0.4) is 0 Å². The second kappa shape index (κ2) is 5.20. The Morgan fingerprint density at radius 1 is 1.06 bits per heavy atom. The van der Waals surface area contributed by atoms with Gasteiger partial charge in [-0.05, 0) is 12.8 Å². The van der Waals surface area contributed by atoms with Gasteiger partial charge in [0.2, 0.25) is 0 Å². The first-order valence-electron chi connectivity index (χ1n) is 5.31. The van der Waals surface area contributed by atoms with Gasteiger partial charge in [-0.25, -0.2) is 0 Å². The largest absolute Gasteiger partial charge is 0.126 e. The van der Waals surface area contributed by atoms with Gasteiger partial charge in [-0.2, -0.15) is 0 Å². The minimum Gasteiger partial charge on any atom is -0.126 e. The summed E-state index contributed by atoms with van der Waals surface area (Å²) >= 11 is 50.1. The quantitative estimate of drug-likeness (QED) is 0.497. The average molecular weight is 414 g/mol. The maximum atomic E-state index is 6.43. The molecule has 0 unspecified atom stereocenters. The molecular weight excluding hydrogens is 404 g/mol. The second-order valence-electron chi connectivity index (χ2n) is 5.01. The van der Waals surface area contributed by atoms with Crippen LogP contribution >= 0.6 is 92.8 Å². The molecule has 0 saturated heterocycles. The number of fused-ring (bicyclic) bond motifs is 2. The SMILES string of the molecule is ClC[C@]1(C(Cl)Cl)[C@H]2C[C@@H](Cl)[C@@]1(C(Cl)Cl)CC2(Cl)Cl. The first-order valence-corrected chi connectivity index (χ1v) is 8.78. The van der Waals surface area contributed by atoms with E-state index in [0.717, 1.165) is 0 Å². The van der Waals surface area contributed by atoms with Crippen molar-refractivity contribution in [1.82, 2.24) is 0 Å². The zero-order valence-electron chi connectivity index (χ0n) is 8.95. The highest BCUT2D eigenvalue weighted by Gasteiger charge is 2.79. The van der Waals surface area contributed by atoms with Crippen molar-refractivity contribution in [2.75, 3.05) is 5.88 Å². The number of hydrogen-bond acceptors (Lipinski definition) is 0. The van der Waals surface area contributed by atoms with Gasteiger partial charge >= 0.3 is 0 Å². The van der Waals surface area contributed by atoms with Gasteiger partial charge in [0.1, 0.15) is 14.0 Å². The second-order valence-corrected chi connectivity index (χ2v) is 9.54. The van der Waals surface area contributed by atoms with Crippen LogP contribution in [-0.2, 0) is 0 Å². The van der Waals surface area contributed by atoms with Crippen molar-refractivity contribution in [3.05, 3.63) is 0 Å². The number of rotatable bonds is 3. The Hall–Kier alpha value is 2.32. The summed E-state index contributed by atoms with van der Waals surface area (Å²) in [6.45, 7) is 0. The number of hydrogen-bond donors (Lipinski definition) is 0. The summed E-state index contributed by atoms with van der Waals surface area (Å²) in [7, 11) is 0. The van der Waals surface area contributed by atoms with Crippen LogP contribution in [0.4, 0.5) is 0 Å². The minimum atomic E-state index is -1.01. The van der Waals surface area contributed by atoms with Crippen molar-refractivity contribution in [3.63, 3.8) is 0 Å². The summed E-state index contributed by atoms with van der Waals surface area (Å²) in [5.41, 5.74) is -1.55. The van der Waals surface area contributed by atoms with Crippen LogP contribution < -0.4 is 0 Å². The van der Waals surface area contributed by atoms with Crippen LogP contribution in [0.25, 0.3) is 0 Å². The lowest BCUT2D eigenvalue weighted by molar-refractivity contribution is 0.144. The topological polar surface area (TPSA) is 0 Å². The highest BCUT2D eigenvalue weighted by Crippen LogP contribution is 2.77. The van der Waals surface area contributed by atoms with E-state index in [0.29, 0.717) is 12.8 Å². The standard InChI is InChI=1S/C10H10Cl8/c11-3-9(7(15)16)4-1-5(12)8(9,6(13)14)2-10(4,17)18/h4-7H,1-3H2/t4-,5-,8-,9-/m1/s1. The molecule has 2 saturated carbocycles. The molecule has 0 N–H and O–H groups in total. The molecule has 106 valence electrons. The van der Waals surface area contributed by atoms with Crippen LogP contribution in [0.1, 0.15) is 12.8 Å². The molecule has 0 aromatic heterocycles. The third-order valence-electron chi connectivity index (χ3n) is 4.53. The van der Waals surface area contributed by atoms with Gasteiger partial charge in [-0.15, -0.1) is 92.8 Å². The molecule has 0 nitrogen and oxygen atoms in total. The molecule has 8 heteroatoms. The van der Waals surface area contributed by atoms with Gasteiger partial charge in [-0.3, -0.25) is 0 Å². The zero-order valence-corrected chi connectivity index (χ0v) is 15.0. The van der Waals surface area contributed by atoms with Crippen LogP contribution in [0.5, 0.6) is 0 Å². The molecule has 0 radical (unpaired) electrons. The summed E-state index contributed by atoms with van der Waals surface area (Å²) in [6.07, 6.45) is 0.884. The Morgan fingerprint density at radius 2 is 1.61 bits per heavy atom. The van der Waals surface area contributed by atoms with Crippen LogP contribution in [-0.4, -0.2) is 25.3 Å². The third kappa shape index (κ3) is 1.86. The smallest absolute Gasteiger partial charge is 0.122 e. The fourth-order valence-electron chi connectivity index (χ4n) is 3.63. The normalized spacial score (nSPS) is 46.3. The van der Waals surface area contributed by atoms with Gasteiger partial charge in [-0.1, -0.05) is 0 Å². The maximum absolute atomic E-state index is 6.43. The molecule has 0 heterocycles. The molecule has 4 atom stereocenters. The van der Waals surface area contributed by atoms with Crippen molar-refractivity contribution >= 4 is 92.8 Å². The van der Waals surface area contributed by atoms with E-state index in [1.54, 1.807) is 0 Å². The van der Waals surface area contributed by atoms with E-state index in [2.05, 4.69) is 0 Å². The van der Waals surface area contributed by atoms with Crippen molar-refractivity contribution in [3.8, 4) is 0 Å². The fourth-order valence-corrected chi connectivity index (χ4v) is 7.83. The molecule has 2 fully saturated rings. The Kier molecular flexibility index (Phi) is 4.82. The van der Waals surface area contributed by atoms with Crippen molar-refractivity contribution in [1.29, 1.82) is 0 Å². The van der Waals surface area contributed by atoms with E-state index in [9.17, 15) is 0 Å². The molecule has 2 aliphatic carbocycles. The predicted molar refractivity (Wildman–Crippen MR) is 83.4 cm³/mol. The molecular formula is C10H10Cl8. The summed E-state index contributed by atoms with van der Waals surface area (Å²) in [4.78, 5) is -1.58. The lowest BCUT2D eigenvalue weighted by atomic mass is 9.70. The highest BCUT2D eigenvalue weighted by atomic mass is 35.5. The number of halogens is 8. The first kappa shape index (κ1) is 16.7. The maximum Gasteiger partial charge on any atom is 0.122 e. The molecule has 2 bridgehead atoms. The Morgan fingerprint density at radius 3 is 1.94 bits per heavy atom. The van der Waals surface area contributed by atoms with E-state index in [1.165, 1.54) is 0 Å². The predicted octanol–water partition coefficient (Wildman–Crippen LogP) is 6.01. The Bertz CT molecular complexity index is 335. The molecule has 2 rings (SSSR count). The molecule has 2 aliphatic rings. The summed E-state index contributed by atoms with van der Waals surface area (Å²) in [5.74, 6) is -0.0660. The molecule has 0 aromatic rings. The van der Waals surface area contributed by atoms with Gasteiger partial charge in [0.15, 0.2) is 0 Å². The van der Waals surface area contributed by atoms with Crippen LogP contribution in [0.15, 0.2) is 0 Å². The van der Waals surface area contributed by atoms with E-state index in [4.69, 9.17) is 92.8 Å². The van der Waals surface area contributed by atoms with Crippen molar-refractivity contribution in [2.24, 2.45) is 16.7 Å². The summed E-state index contributed by atoms with van der Waals surface area (Å²) in [6, 6.07) is 0. The third-order valence-corrected chi connectivity index (χ3v) is 7.89. The molecule has 18 heavy (non-hydrogen) atoms. The van der Waals surface area contributed by atoms with E-state index in [1.807, 2.05) is 0 Å². The van der Waals surface area contributed by atoms with E-state index in [-0.39, 0.29) is 17.2 Å². The van der Waals surface area contributed by atoms with Crippen molar-refractivity contribution < 1.29 is 0 Å². The van der Waals surface area contributed by atoms with Crippen LogP contribution in [0.2, 0.25) is 0 Å². The van der Waals surface area contributed by atoms with Gasteiger partial charge < -0.3 is 0 Å². The molecule has 0 spiro atoms. The lowest BCUT2D eigenvalue weighted by Gasteiger charge is -2.45. The van der Waals surface area contributed by atoms with Gasteiger partial charge in [0, 0.05) is 28.0 Å². The van der Waals surface area contributed by atoms with E-state index < -0.39 is 24.8 Å². The van der Waals surface area contributed by atoms with Crippen LogP contribution in [0, 0.1) is 16.7 Å². The molecule has 0 aromatic carbocycles. The summed E-state index contributed by atoms with van der Waals surface area (Å²) in [5, 5.41) is -0.299. The number of alkyl halides is 8. The summed E-state index contributed by atoms with van der Waals surface area (Å²) < 4.78 is -1.01. The highest BCUT2D eigenvalue weighted by molar-refractivity contribution is 6.51. The van der Waals surface area contributed by atoms with Crippen molar-refractivity contribution in [2.45, 2.75) is 32.2 Å².